The molecule has 3 unspecified atom stereocenters. The fourth-order valence-electron chi connectivity index (χ4n) is 3.26. The van der Waals surface area contributed by atoms with Crippen LogP contribution in [-0.4, -0.2) is 33.3 Å². The summed E-state index contributed by atoms with van der Waals surface area (Å²) >= 11 is 0. The van der Waals surface area contributed by atoms with Crippen LogP contribution in [0.2, 0.25) is 0 Å². The van der Waals surface area contributed by atoms with E-state index in [1.807, 2.05) is 6.92 Å². The Labute approximate surface area is 119 Å². The lowest BCUT2D eigenvalue weighted by atomic mass is 9.92. The van der Waals surface area contributed by atoms with Gasteiger partial charge in [-0.15, -0.1) is 10.2 Å². The summed E-state index contributed by atoms with van der Waals surface area (Å²) in [5, 5.41) is 14.8. The van der Waals surface area contributed by atoms with Crippen LogP contribution in [0.1, 0.15) is 50.8 Å². The molecule has 0 spiro atoms. The van der Waals surface area contributed by atoms with E-state index < -0.39 is 0 Å². The van der Waals surface area contributed by atoms with Crippen molar-refractivity contribution in [3.63, 3.8) is 0 Å². The zero-order valence-electron chi connectivity index (χ0n) is 12.2. The van der Waals surface area contributed by atoms with Crippen LogP contribution in [0.15, 0.2) is 0 Å². The molecule has 2 N–H and O–H groups in total. The molecule has 0 radical (unpaired) electrons. The fourth-order valence-corrected chi connectivity index (χ4v) is 3.26. The van der Waals surface area contributed by atoms with Crippen molar-refractivity contribution < 1.29 is 4.79 Å². The van der Waals surface area contributed by atoms with Gasteiger partial charge in [-0.2, -0.15) is 0 Å². The van der Waals surface area contributed by atoms with Crippen molar-refractivity contribution in [2.45, 2.75) is 58.2 Å². The molecule has 3 rings (SSSR count). The minimum absolute atomic E-state index is 0.0767. The number of nitrogens with one attached hydrogen (secondary N) is 2. The first kappa shape index (κ1) is 13.5. The number of aromatic nitrogens is 3. The van der Waals surface area contributed by atoms with Gasteiger partial charge in [-0.05, 0) is 38.6 Å². The first-order valence-corrected chi connectivity index (χ1v) is 7.62. The second kappa shape index (κ2) is 5.52. The van der Waals surface area contributed by atoms with Crippen molar-refractivity contribution in [3.05, 3.63) is 11.6 Å². The van der Waals surface area contributed by atoms with Crippen molar-refractivity contribution in [3.8, 4) is 0 Å². The average Bonchev–Trinajstić information content (AvgIpc) is 3.00. The summed E-state index contributed by atoms with van der Waals surface area (Å²) in [7, 11) is 0. The van der Waals surface area contributed by atoms with Crippen LogP contribution < -0.4 is 10.6 Å². The second-order valence-corrected chi connectivity index (χ2v) is 6.01. The minimum atomic E-state index is -0.0854. The Hall–Kier alpha value is -1.43. The van der Waals surface area contributed by atoms with Crippen LogP contribution in [0, 0.1) is 5.92 Å². The van der Waals surface area contributed by atoms with Gasteiger partial charge in [0.1, 0.15) is 5.82 Å². The number of rotatable bonds is 3. The molecule has 1 aromatic rings. The summed E-state index contributed by atoms with van der Waals surface area (Å²) in [6, 6.07) is -0.162. The summed E-state index contributed by atoms with van der Waals surface area (Å²) in [5.41, 5.74) is 0. The highest BCUT2D eigenvalue weighted by Crippen LogP contribution is 2.20. The predicted octanol–water partition coefficient (Wildman–Crippen LogP) is 0.790. The van der Waals surface area contributed by atoms with Crippen LogP contribution in [0.5, 0.6) is 0 Å². The molecule has 2 aliphatic rings. The van der Waals surface area contributed by atoms with Crippen LogP contribution in [-0.2, 0) is 17.8 Å². The fraction of sp³-hybridized carbons (Fsp3) is 0.786. The molecule has 0 bridgehead atoms. The van der Waals surface area contributed by atoms with Gasteiger partial charge in [-0.3, -0.25) is 4.79 Å². The number of piperidine rings is 1. The molecular weight excluding hydrogens is 254 g/mol. The number of hydrogen-bond donors (Lipinski definition) is 2. The van der Waals surface area contributed by atoms with E-state index in [4.69, 9.17) is 0 Å². The van der Waals surface area contributed by atoms with Crippen LogP contribution >= 0.6 is 0 Å². The van der Waals surface area contributed by atoms with Gasteiger partial charge in [0.15, 0.2) is 5.82 Å². The number of fused-ring (bicyclic) bond motifs is 1. The maximum absolute atomic E-state index is 12.4. The zero-order chi connectivity index (χ0) is 14.1. The molecule has 1 amide bonds. The summed E-state index contributed by atoms with van der Waals surface area (Å²) in [5.74, 6) is 2.40. The topological polar surface area (TPSA) is 71.8 Å². The number of hydrogen-bond acceptors (Lipinski definition) is 4. The van der Waals surface area contributed by atoms with E-state index >= 15 is 0 Å². The first-order chi connectivity index (χ1) is 9.66. The third-order valence-electron chi connectivity index (χ3n) is 4.44. The summed E-state index contributed by atoms with van der Waals surface area (Å²) in [4.78, 5) is 12.4. The quantitative estimate of drug-likeness (QED) is 0.857. The summed E-state index contributed by atoms with van der Waals surface area (Å²) in [6.07, 6.45) is 4.38. The number of amides is 1. The molecule has 0 aromatic carbocycles. The Balaban J connectivity index is 1.66. The third-order valence-corrected chi connectivity index (χ3v) is 4.44. The maximum atomic E-state index is 12.4. The van der Waals surface area contributed by atoms with Crippen LogP contribution in [0.4, 0.5) is 0 Å². The average molecular weight is 277 g/mol. The molecule has 1 aromatic heterocycles. The molecule has 3 heterocycles. The first-order valence-electron chi connectivity index (χ1n) is 7.62. The lowest BCUT2D eigenvalue weighted by Crippen LogP contribution is -2.51. The normalized spacial score (nSPS) is 27.1. The van der Waals surface area contributed by atoms with Gasteiger partial charge >= 0.3 is 0 Å². The van der Waals surface area contributed by atoms with E-state index in [0.29, 0.717) is 5.92 Å². The van der Waals surface area contributed by atoms with E-state index in [1.54, 1.807) is 0 Å². The smallest absolute Gasteiger partial charge is 0.237 e. The van der Waals surface area contributed by atoms with Gasteiger partial charge in [0.05, 0.1) is 12.1 Å². The number of carbonyl (C=O) groups excluding carboxylic acids is 1. The predicted molar refractivity (Wildman–Crippen MR) is 75.1 cm³/mol. The molecule has 0 saturated carbocycles. The molecule has 0 aliphatic carbocycles. The van der Waals surface area contributed by atoms with E-state index in [1.165, 1.54) is 0 Å². The number of nitrogens with zero attached hydrogens (tertiary/aromatic N) is 3. The van der Waals surface area contributed by atoms with Crippen LogP contribution in [0.25, 0.3) is 0 Å². The summed E-state index contributed by atoms with van der Waals surface area (Å²) < 4.78 is 2.14. The van der Waals surface area contributed by atoms with E-state index in [-0.39, 0.29) is 18.0 Å². The highest BCUT2D eigenvalue weighted by molar-refractivity contribution is 5.82. The largest absolute Gasteiger partial charge is 0.345 e. The number of carbonyl (C=O) groups is 1. The van der Waals surface area contributed by atoms with E-state index in [9.17, 15) is 4.79 Å². The van der Waals surface area contributed by atoms with Gasteiger partial charge in [0, 0.05) is 13.0 Å². The highest BCUT2D eigenvalue weighted by Gasteiger charge is 2.29. The van der Waals surface area contributed by atoms with Gasteiger partial charge in [-0.25, -0.2) is 0 Å². The SMILES string of the molecule is CC(NC(=O)C1NCCCC1C)c1nnc2n1CCC2. The van der Waals surface area contributed by atoms with Gasteiger partial charge in [0.2, 0.25) is 5.91 Å². The molecule has 6 nitrogen and oxygen atoms in total. The van der Waals surface area contributed by atoms with Crippen molar-refractivity contribution in [1.82, 2.24) is 25.4 Å². The summed E-state index contributed by atoms with van der Waals surface area (Å²) in [6.45, 7) is 6.02. The second-order valence-electron chi connectivity index (χ2n) is 6.01. The highest BCUT2D eigenvalue weighted by atomic mass is 16.2. The molecule has 1 fully saturated rings. The minimum Gasteiger partial charge on any atom is -0.345 e. The standard InChI is InChI=1S/C14H23N5O/c1-9-5-3-7-15-12(9)14(20)16-10(2)13-18-17-11-6-4-8-19(11)13/h9-10,12,15H,3-8H2,1-2H3,(H,16,20). The third kappa shape index (κ3) is 2.44. The monoisotopic (exact) mass is 277 g/mol. The Morgan fingerprint density at radius 3 is 3.10 bits per heavy atom. The van der Waals surface area contributed by atoms with Crippen molar-refractivity contribution in [1.29, 1.82) is 0 Å². The van der Waals surface area contributed by atoms with E-state index in [2.05, 4.69) is 32.3 Å². The van der Waals surface area contributed by atoms with Gasteiger partial charge < -0.3 is 15.2 Å². The molecule has 20 heavy (non-hydrogen) atoms. The van der Waals surface area contributed by atoms with Crippen molar-refractivity contribution in [2.75, 3.05) is 6.54 Å². The zero-order valence-corrected chi connectivity index (χ0v) is 12.2. The van der Waals surface area contributed by atoms with Crippen LogP contribution in [0.3, 0.4) is 0 Å². The molecule has 1 saturated heterocycles. The lowest BCUT2D eigenvalue weighted by molar-refractivity contribution is -0.125. The van der Waals surface area contributed by atoms with Crippen molar-refractivity contribution >= 4 is 5.91 Å². The Morgan fingerprint density at radius 2 is 2.30 bits per heavy atom. The van der Waals surface area contributed by atoms with Gasteiger partial charge in [0.25, 0.3) is 0 Å². The van der Waals surface area contributed by atoms with Gasteiger partial charge in [-0.1, -0.05) is 6.92 Å². The Morgan fingerprint density at radius 1 is 1.45 bits per heavy atom. The molecule has 6 heteroatoms. The molecule has 110 valence electrons. The maximum Gasteiger partial charge on any atom is 0.237 e. The van der Waals surface area contributed by atoms with Crippen molar-refractivity contribution in [2.24, 2.45) is 5.92 Å². The van der Waals surface area contributed by atoms with E-state index in [0.717, 1.165) is 50.4 Å². The number of aryl methyl sites for hydroxylation is 1. The molecular formula is C14H23N5O. The Kier molecular flexibility index (Phi) is 3.74. The molecule has 2 aliphatic heterocycles. The molecule has 3 atom stereocenters. The lowest BCUT2D eigenvalue weighted by Gasteiger charge is -2.30. The Bertz CT molecular complexity index is 498.